The molecule has 0 spiro atoms. The Bertz CT molecular complexity index is 1020. The van der Waals surface area contributed by atoms with Crippen molar-refractivity contribution in [1.29, 1.82) is 0 Å². The van der Waals surface area contributed by atoms with Crippen molar-refractivity contribution in [1.82, 2.24) is 5.32 Å². The molecule has 1 N–H and O–H groups in total. The predicted octanol–water partition coefficient (Wildman–Crippen LogP) is 4.20. The van der Waals surface area contributed by atoms with Gasteiger partial charge < -0.3 is 14.6 Å². The molecule has 4 nitrogen and oxygen atoms in total. The second-order valence-corrected chi connectivity index (χ2v) is 7.03. The lowest BCUT2D eigenvalue weighted by molar-refractivity contribution is 0.437. The van der Waals surface area contributed by atoms with Crippen LogP contribution in [0.3, 0.4) is 0 Å². The number of rotatable bonds is 5. The highest BCUT2D eigenvalue weighted by Gasteiger charge is 2.22. The zero-order valence-corrected chi connectivity index (χ0v) is 15.6. The van der Waals surface area contributed by atoms with E-state index in [0.717, 1.165) is 42.6 Å². The van der Waals surface area contributed by atoms with Crippen LogP contribution >= 0.6 is 0 Å². The van der Waals surface area contributed by atoms with Crippen LogP contribution in [-0.4, -0.2) is 25.7 Å². The first-order valence-electron chi connectivity index (χ1n) is 9.63. The third kappa shape index (κ3) is 4.15. The van der Waals surface area contributed by atoms with E-state index in [-0.39, 0.29) is 11.4 Å². The minimum atomic E-state index is -0.338. The highest BCUT2D eigenvalue weighted by atomic mass is 19.1. The smallest absolute Gasteiger partial charge is 0.338 e. The van der Waals surface area contributed by atoms with Crippen LogP contribution < -0.4 is 15.8 Å². The zero-order chi connectivity index (χ0) is 19.3. The first-order valence-corrected chi connectivity index (χ1v) is 9.63. The van der Waals surface area contributed by atoms with Crippen molar-refractivity contribution in [3.8, 4) is 0 Å². The lowest BCUT2D eigenvalue weighted by atomic mass is 10.0. The Morgan fingerprint density at radius 2 is 1.86 bits per heavy atom. The maximum atomic E-state index is 13.1. The summed E-state index contributed by atoms with van der Waals surface area (Å²) < 4.78 is 18.5. The average Bonchev–Trinajstić information content (AvgIpc) is 2.73. The topological polar surface area (TPSA) is 45.5 Å². The van der Waals surface area contributed by atoms with Gasteiger partial charge >= 0.3 is 5.63 Å². The summed E-state index contributed by atoms with van der Waals surface area (Å²) in [7, 11) is 0. The molecule has 5 heteroatoms. The van der Waals surface area contributed by atoms with Crippen LogP contribution in [0.5, 0.6) is 0 Å². The maximum Gasteiger partial charge on any atom is 0.338 e. The van der Waals surface area contributed by atoms with Crippen LogP contribution in [0.1, 0.15) is 18.4 Å². The van der Waals surface area contributed by atoms with Gasteiger partial charge in [0.2, 0.25) is 0 Å². The van der Waals surface area contributed by atoms with Crippen LogP contribution in [0, 0.1) is 5.82 Å². The van der Waals surface area contributed by atoms with Crippen molar-refractivity contribution in [2.75, 3.05) is 24.5 Å². The lowest BCUT2D eigenvalue weighted by Gasteiger charge is -2.36. The summed E-state index contributed by atoms with van der Waals surface area (Å²) in [4.78, 5) is 14.5. The van der Waals surface area contributed by atoms with E-state index in [0.29, 0.717) is 18.2 Å². The monoisotopic (exact) mass is 378 g/mol. The Morgan fingerprint density at radius 3 is 2.64 bits per heavy atom. The summed E-state index contributed by atoms with van der Waals surface area (Å²) >= 11 is 0. The summed E-state index contributed by atoms with van der Waals surface area (Å²) in [6, 6.07) is 16.0. The fourth-order valence-electron chi connectivity index (χ4n) is 3.77. The number of hydrogen-bond donors (Lipinski definition) is 1. The number of piperidine rings is 1. The van der Waals surface area contributed by atoms with E-state index in [4.69, 9.17) is 4.42 Å². The number of para-hydroxylation sites is 1. The van der Waals surface area contributed by atoms with Gasteiger partial charge in [0.15, 0.2) is 0 Å². The molecule has 2 heterocycles. The standard InChI is InChI=1S/C23H23FN2O2/c24-18-9-7-17(8-10-18)4-3-15-26(19-11-13-25-14-12-19)21-16-23(27)28-22-6-2-1-5-20(21)22/h1-10,16,19,25H,11-15H2. The van der Waals surface area contributed by atoms with E-state index in [9.17, 15) is 9.18 Å². The summed E-state index contributed by atoms with van der Waals surface area (Å²) in [6.45, 7) is 2.58. The Morgan fingerprint density at radius 1 is 1.11 bits per heavy atom. The van der Waals surface area contributed by atoms with Gasteiger partial charge in [-0.3, -0.25) is 0 Å². The number of hydrogen-bond acceptors (Lipinski definition) is 4. The first kappa shape index (κ1) is 18.4. The number of nitrogens with zero attached hydrogens (tertiary/aromatic N) is 1. The molecule has 1 aliphatic heterocycles. The molecule has 144 valence electrons. The largest absolute Gasteiger partial charge is 0.423 e. The number of benzene rings is 2. The third-order valence-electron chi connectivity index (χ3n) is 5.17. The Hall–Kier alpha value is -2.92. The molecule has 0 unspecified atom stereocenters. The zero-order valence-electron chi connectivity index (χ0n) is 15.6. The van der Waals surface area contributed by atoms with Crippen molar-refractivity contribution in [3.05, 3.63) is 82.5 Å². The number of anilines is 1. The fraction of sp³-hybridized carbons (Fsp3) is 0.261. The molecule has 28 heavy (non-hydrogen) atoms. The molecule has 0 bridgehead atoms. The maximum absolute atomic E-state index is 13.1. The molecule has 0 saturated carbocycles. The minimum absolute atomic E-state index is 0.240. The van der Waals surface area contributed by atoms with Gasteiger partial charge in [0.1, 0.15) is 11.4 Å². The molecule has 1 aliphatic rings. The molecule has 3 aromatic rings. The van der Waals surface area contributed by atoms with Gasteiger partial charge in [-0.25, -0.2) is 9.18 Å². The fourth-order valence-corrected chi connectivity index (χ4v) is 3.77. The molecule has 0 amide bonds. The summed E-state index contributed by atoms with van der Waals surface area (Å²) in [5.41, 5.74) is 2.12. The van der Waals surface area contributed by atoms with Gasteiger partial charge in [0.05, 0.1) is 5.69 Å². The molecular weight excluding hydrogens is 355 g/mol. The van der Waals surface area contributed by atoms with E-state index in [1.807, 2.05) is 30.3 Å². The Balaban J connectivity index is 1.68. The highest BCUT2D eigenvalue weighted by molar-refractivity contribution is 5.90. The van der Waals surface area contributed by atoms with Crippen LogP contribution in [-0.2, 0) is 0 Å². The normalized spacial score (nSPS) is 15.3. The summed E-state index contributed by atoms with van der Waals surface area (Å²) in [6.07, 6.45) is 6.08. The van der Waals surface area contributed by atoms with Gasteiger partial charge in [0, 0.05) is 24.0 Å². The second kappa shape index (κ2) is 8.40. The molecule has 0 aliphatic carbocycles. The molecule has 1 saturated heterocycles. The van der Waals surface area contributed by atoms with Crippen molar-refractivity contribution in [2.45, 2.75) is 18.9 Å². The first-order chi connectivity index (χ1) is 13.7. The number of fused-ring (bicyclic) bond motifs is 1. The SMILES string of the molecule is O=c1cc(N(CC=Cc2ccc(F)cc2)C2CCNCC2)c2ccccc2o1. The van der Waals surface area contributed by atoms with Crippen molar-refractivity contribution in [2.24, 2.45) is 0 Å². The van der Waals surface area contributed by atoms with Crippen LogP contribution in [0.25, 0.3) is 17.0 Å². The summed E-state index contributed by atoms with van der Waals surface area (Å²) in [5, 5.41) is 4.34. The molecule has 1 fully saturated rings. The van der Waals surface area contributed by atoms with Gasteiger partial charge in [-0.05, 0) is 55.8 Å². The quantitative estimate of drug-likeness (QED) is 0.676. The Kier molecular flexibility index (Phi) is 5.53. The third-order valence-corrected chi connectivity index (χ3v) is 5.17. The highest BCUT2D eigenvalue weighted by Crippen LogP contribution is 2.29. The summed E-state index contributed by atoms with van der Waals surface area (Å²) in [5.74, 6) is -0.240. The molecule has 1 aromatic heterocycles. The molecule has 2 aromatic carbocycles. The average molecular weight is 378 g/mol. The van der Waals surface area contributed by atoms with Crippen LogP contribution in [0.2, 0.25) is 0 Å². The van der Waals surface area contributed by atoms with Gasteiger partial charge in [-0.2, -0.15) is 0 Å². The van der Waals surface area contributed by atoms with Crippen molar-refractivity contribution >= 4 is 22.7 Å². The van der Waals surface area contributed by atoms with Gasteiger partial charge in [0.25, 0.3) is 0 Å². The van der Waals surface area contributed by atoms with E-state index in [2.05, 4.69) is 16.3 Å². The van der Waals surface area contributed by atoms with E-state index >= 15 is 0 Å². The Labute approximate surface area is 163 Å². The molecule has 0 radical (unpaired) electrons. The molecular formula is C23H23FN2O2. The van der Waals surface area contributed by atoms with Crippen LogP contribution in [0.4, 0.5) is 10.1 Å². The van der Waals surface area contributed by atoms with Crippen molar-refractivity contribution < 1.29 is 8.81 Å². The van der Waals surface area contributed by atoms with E-state index < -0.39 is 0 Å². The van der Waals surface area contributed by atoms with Crippen LogP contribution in [0.15, 0.2) is 69.9 Å². The number of halogens is 1. The minimum Gasteiger partial charge on any atom is -0.423 e. The lowest BCUT2D eigenvalue weighted by Crippen LogP contribution is -2.43. The van der Waals surface area contributed by atoms with Gasteiger partial charge in [-0.1, -0.05) is 36.4 Å². The predicted molar refractivity (Wildman–Crippen MR) is 111 cm³/mol. The second-order valence-electron chi connectivity index (χ2n) is 7.03. The molecule has 0 atom stereocenters. The molecule has 4 rings (SSSR count). The van der Waals surface area contributed by atoms with Crippen molar-refractivity contribution in [3.63, 3.8) is 0 Å². The van der Waals surface area contributed by atoms with E-state index in [1.165, 1.54) is 12.1 Å². The van der Waals surface area contributed by atoms with Gasteiger partial charge in [-0.15, -0.1) is 0 Å². The van der Waals surface area contributed by atoms with E-state index in [1.54, 1.807) is 18.2 Å². The number of nitrogens with one attached hydrogen (secondary N) is 1.